The van der Waals surface area contributed by atoms with Gasteiger partial charge >= 0.3 is 0 Å². The lowest BCUT2D eigenvalue weighted by atomic mass is 10.4. The van der Waals surface area contributed by atoms with Gasteiger partial charge in [0.05, 0.1) is 11.6 Å². The van der Waals surface area contributed by atoms with Crippen molar-refractivity contribution in [3.8, 4) is 0 Å². The highest BCUT2D eigenvalue weighted by atomic mass is 15.3. The molecule has 1 fully saturated rings. The largest absolute Gasteiger partial charge is 0.366 e. The molecule has 16 heavy (non-hydrogen) atoms. The lowest BCUT2D eigenvalue weighted by molar-refractivity contribution is 0.924. The van der Waals surface area contributed by atoms with Gasteiger partial charge in [0.15, 0.2) is 5.65 Å². The average molecular weight is 219 g/mol. The van der Waals surface area contributed by atoms with E-state index < -0.39 is 0 Å². The first-order chi connectivity index (χ1) is 7.78. The number of aromatic amines is 1. The van der Waals surface area contributed by atoms with Crippen molar-refractivity contribution in [2.45, 2.75) is 19.4 Å². The van der Waals surface area contributed by atoms with E-state index in [0.29, 0.717) is 23.6 Å². The summed E-state index contributed by atoms with van der Waals surface area (Å²) in [5.41, 5.74) is 3.12. The third-order valence-electron chi connectivity index (χ3n) is 2.87. The molecule has 1 aliphatic carbocycles. The molecule has 0 saturated heterocycles. The number of hydrazine groups is 1. The van der Waals surface area contributed by atoms with Crippen LogP contribution in [-0.4, -0.2) is 26.2 Å². The van der Waals surface area contributed by atoms with Crippen molar-refractivity contribution in [3.63, 3.8) is 0 Å². The number of H-pyrrole nitrogens is 1. The van der Waals surface area contributed by atoms with Gasteiger partial charge in [0.1, 0.15) is 5.82 Å². The number of fused-ring (bicyclic) bond motifs is 1. The highest BCUT2D eigenvalue weighted by Crippen LogP contribution is 2.33. The molecule has 2 aromatic rings. The van der Waals surface area contributed by atoms with Crippen molar-refractivity contribution in [3.05, 3.63) is 6.20 Å². The minimum atomic E-state index is 0.382. The van der Waals surface area contributed by atoms with Gasteiger partial charge in [-0.25, -0.2) is 5.84 Å². The summed E-state index contributed by atoms with van der Waals surface area (Å²) < 4.78 is 0. The molecule has 7 nitrogen and oxygen atoms in total. The molecule has 84 valence electrons. The number of nitrogens with two attached hydrogens (primary N) is 1. The molecule has 2 aromatic heterocycles. The molecule has 1 aliphatic rings. The van der Waals surface area contributed by atoms with E-state index in [-0.39, 0.29) is 0 Å². The Labute approximate surface area is 91.8 Å². The predicted octanol–water partition coefficient (Wildman–Crippen LogP) is 0.459. The smallest absolute Gasteiger partial charge is 0.241 e. The SMILES string of the molecule is CC1CC1Nc1nc(NN)nc2[nH]ncc12. The molecule has 5 N–H and O–H groups in total. The number of nitrogens with one attached hydrogen (secondary N) is 3. The summed E-state index contributed by atoms with van der Waals surface area (Å²) in [6.07, 6.45) is 2.89. The van der Waals surface area contributed by atoms with Crippen LogP contribution in [0.2, 0.25) is 0 Å². The van der Waals surface area contributed by atoms with E-state index in [2.05, 4.69) is 37.8 Å². The zero-order valence-electron chi connectivity index (χ0n) is 8.86. The summed E-state index contributed by atoms with van der Waals surface area (Å²) >= 11 is 0. The lowest BCUT2D eigenvalue weighted by Gasteiger charge is -2.06. The minimum absolute atomic E-state index is 0.382. The van der Waals surface area contributed by atoms with Crippen molar-refractivity contribution < 1.29 is 0 Å². The molecule has 0 bridgehead atoms. The van der Waals surface area contributed by atoms with Crippen molar-refractivity contribution in [1.29, 1.82) is 0 Å². The van der Waals surface area contributed by atoms with Crippen LogP contribution in [0, 0.1) is 5.92 Å². The molecule has 7 heteroatoms. The molecule has 3 rings (SSSR count). The van der Waals surface area contributed by atoms with Gasteiger partial charge in [-0.1, -0.05) is 6.92 Å². The van der Waals surface area contributed by atoms with Gasteiger partial charge < -0.3 is 5.32 Å². The molecule has 1 saturated carbocycles. The first-order valence-corrected chi connectivity index (χ1v) is 5.22. The molecule has 0 aromatic carbocycles. The molecule has 0 radical (unpaired) electrons. The van der Waals surface area contributed by atoms with Gasteiger partial charge in [-0.05, 0) is 12.3 Å². The maximum atomic E-state index is 5.32. The minimum Gasteiger partial charge on any atom is -0.366 e. The Morgan fingerprint density at radius 1 is 1.50 bits per heavy atom. The van der Waals surface area contributed by atoms with Crippen molar-refractivity contribution in [1.82, 2.24) is 20.2 Å². The van der Waals surface area contributed by atoms with Crippen molar-refractivity contribution in [2.75, 3.05) is 10.7 Å². The summed E-state index contributed by atoms with van der Waals surface area (Å²) in [5.74, 6) is 7.18. The fraction of sp³-hybridized carbons (Fsp3) is 0.444. The van der Waals surface area contributed by atoms with Crippen LogP contribution in [-0.2, 0) is 0 Å². The van der Waals surface area contributed by atoms with E-state index in [1.165, 1.54) is 6.42 Å². The van der Waals surface area contributed by atoms with E-state index in [1.807, 2.05) is 0 Å². The second kappa shape index (κ2) is 3.31. The van der Waals surface area contributed by atoms with Crippen molar-refractivity contribution in [2.24, 2.45) is 11.8 Å². The normalized spacial score (nSPS) is 23.4. The lowest BCUT2D eigenvalue weighted by Crippen LogP contribution is -2.13. The number of hydrogen-bond donors (Lipinski definition) is 4. The number of anilines is 2. The quantitative estimate of drug-likeness (QED) is 0.441. The molecular weight excluding hydrogens is 206 g/mol. The second-order valence-electron chi connectivity index (χ2n) is 4.14. The molecular formula is C9H13N7. The number of rotatable bonds is 3. The van der Waals surface area contributed by atoms with Gasteiger partial charge in [-0.15, -0.1) is 0 Å². The number of nitrogen functional groups attached to an aromatic ring is 1. The number of hydrogen-bond acceptors (Lipinski definition) is 6. The van der Waals surface area contributed by atoms with Gasteiger partial charge in [-0.2, -0.15) is 15.1 Å². The monoisotopic (exact) mass is 219 g/mol. The van der Waals surface area contributed by atoms with Crippen LogP contribution in [0.25, 0.3) is 11.0 Å². The third-order valence-corrected chi connectivity index (χ3v) is 2.87. The van der Waals surface area contributed by atoms with Gasteiger partial charge in [0, 0.05) is 6.04 Å². The van der Waals surface area contributed by atoms with E-state index in [4.69, 9.17) is 5.84 Å². The van der Waals surface area contributed by atoms with Crippen LogP contribution in [0.15, 0.2) is 6.20 Å². The predicted molar refractivity (Wildman–Crippen MR) is 60.7 cm³/mol. The summed E-state index contributed by atoms with van der Waals surface area (Å²) in [6.45, 7) is 2.20. The van der Waals surface area contributed by atoms with E-state index in [1.54, 1.807) is 6.20 Å². The first-order valence-electron chi connectivity index (χ1n) is 5.22. The van der Waals surface area contributed by atoms with Crippen LogP contribution >= 0.6 is 0 Å². The van der Waals surface area contributed by atoms with E-state index in [9.17, 15) is 0 Å². The Balaban J connectivity index is 2.02. The topological polar surface area (TPSA) is 105 Å². The van der Waals surface area contributed by atoms with E-state index in [0.717, 1.165) is 11.2 Å². The maximum Gasteiger partial charge on any atom is 0.241 e. The van der Waals surface area contributed by atoms with Crippen molar-refractivity contribution >= 4 is 22.8 Å². The zero-order chi connectivity index (χ0) is 11.1. The standard InChI is InChI=1S/C9H13N7/c1-4-2-6(4)12-7-5-3-11-16-8(5)14-9(13-7)15-10/h3-4,6H,2,10H2,1H3,(H3,11,12,13,14,15,16). The first kappa shape index (κ1) is 9.34. The van der Waals surface area contributed by atoms with Crippen LogP contribution in [0.1, 0.15) is 13.3 Å². The summed E-state index contributed by atoms with van der Waals surface area (Å²) in [7, 11) is 0. The molecule has 0 amide bonds. The fourth-order valence-corrected chi connectivity index (χ4v) is 1.71. The number of nitrogens with zero attached hydrogens (tertiary/aromatic N) is 3. The van der Waals surface area contributed by atoms with Gasteiger partial charge in [-0.3, -0.25) is 10.5 Å². The van der Waals surface area contributed by atoms with Gasteiger partial charge in [0.25, 0.3) is 0 Å². The van der Waals surface area contributed by atoms with Crippen LogP contribution < -0.4 is 16.6 Å². The molecule has 2 heterocycles. The fourth-order valence-electron chi connectivity index (χ4n) is 1.71. The zero-order valence-corrected chi connectivity index (χ0v) is 8.86. The summed E-state index contributed by atoms with van der Waals surface area (Å²) in [5, 5.41) is 11.0. The average Bonchev–Trinajstić information content (AvgIpc) is 2.81. The number of aromatic nitrogens is 4. The summed E-state index contributed by atoms with van der Waals surface area (Å²) in [4.78, 5) is 8.44. The Morgan fingerprint density at radius 2 is 2.31 bits per heavy atom. The highest BCUT2D eigenvalue weighted by Gasteiger charge is 2.33. The maximum absolute atomic E-state index is 5.32. The second-order valence-corrected chi connectivity index (χ2v) is 4.14. The van der Waals surface area contributed by atoms with E-state index >= 15 is 0 Å². The molecule has 2 atom stereocenters. The Hall–Kier alpha value is -1.89. The highest BCUT2D eigenvalue weighted by molar-refractivity contribution is 5.87. The Kier molecular flexibility index (Phi) is 1.93. The van der Waals surface area contributed by atoms with Crippen LogP contribution in [0.4, 0.5) is 11.8 Å². The third kappa shape index (κ3) is 1.45. The molecule has 0 spiro atoms. The Bertz CT molecular complexity index is 520. The summed E-state index contributed by atoms with van der Waals surface area (Å²) in [6, 6.07) is 0.499. The Morgan fingerprint density at radius 3 is 3.00 bits per heavy atom. The van der Waals surface area contributed by atoms with Gasteiger partial charge in [0.2, 0.25) is 5.95 Å². The van der Waals surface area contributed by atoms with Crippen LogP contribution in [0.3, 0.4) is 0 Å². The molecule has 0 aliphatic heterocycles. The molecule has 2 unspecified atom stereocenters. The van der Waals surface area contributed by atoms with Crippen LogP contribution in [0.5, 0.6) is 0 Å².